The molecule has 2 aromatic carbocycles. The molecule has 0 aliphatic heterocycles. The van der Waals surface area contributed by atoms with Crippen molar-refractivity contribution in [2.45, 2.75) is 63.5 Å². The summed E-state index contributed by atoms with van der Waals surface area (Å²) in [7, 11) is 4.93. The molecule has 1 amide bonds. The van der Waals surface area contributed by atoms with Crippen molar-refractivity contribution in [1.29, 1.82) is 0 Å². The van der Waals surface area contributed by atoms with E-state index in [0.717, 1.165) is 42.6 Å². The average Bonchev–Trinajstić information content (AvgIpc) is 3.76. The fourth-order valence-corrected chi connectivity index (χ4v) is 4.95. The molecule has 3 atom stereocenters. The first-order chi connectivity index (χ1) is 18.7. The lowest BCUT2D eigenvalue weighted by atomic mass is 9.83. The van der Waals surface area contributed by atoms with Crippen molar-refractivity contribution in [1.82, 2.24) is 5.32 Å². The van der Waals surface area contributed by atoms with Gasteiger partial charge in [0.1, 0.15) is 5.75 Å². The molecule has 8 heteroatoms. The predicted octanol–water partition coefficient (Wildman–Crippen LogP) is 3.86. The number of nitrogens with one attached hydrogen (secondary N) is 1. The van der Waals surface area contributed by atoms with E-state index in [2.05, 4.69) is 19.2 Å². The van der Waals surface area contributed by atoms with Crippen molar-refractivity contribution in [2.24, 2.45) is 17.6 Å². The number of amides is 1. The molecule has 1 aliphatic rings. The highest BCUT2D eigenvalue weighted by atomic mass is 16.5. The zero-order valence-electron chi connectivity index (χ0n) is 24.1. The third-order valence-electron chi connectivity index (χ3n) is 7.79. The number of nitrogens with two attached hydrogens (primary N) is 1. The Balaban J connectivity index is 1.55. The van der Waals surface area contributed by atoms with E-state index in [1.54, 1.807) is 21.3 Å². The molecule has 4 N–H and O–H groups in total. The molecule has 0 heterocycles. The maximum atomic E-state index is 13.1. The first kappa shape index (κ1) is 30.7. The minimum atomic E-state index is -0.836. The number of hydrogen-bond acceptors (Lipinski definition) is 7. The minimum Gasteiger partial charge on any atom is -0.497 e. The molecular formula is C31H46N2O6. The van der Waals surface area contributed by atoms with Gasteiger partial charge in [0, 0.05) is 32.7 Å². The lowest BCUT2D eigenvalue weighted by molar-refractivity contribution is -0.124. The second-order valence-corrected chi connectivity index (χ2v) is 10.9. The molecule has 0 spiro atoms. The number of carbonyl (C=O) groups is 1. The van der Waals surface area contributed by atoms with Crippen molar-refractivity contribution in [2.75, 3.05) is 41.1 Å². The van der Waals surface area contributed by atoms with Crippen LogP contribution in [0.15, 0.2) is 42.5 Å². The van der Waals surface area contributed by atoms with Crippen LogP contribution in [-0.4, -0.2) is 64.2 Å². The van der Waals surface area contributed by atoms with Crippen LogP contribution in [0.2, 0.25) is 0 Å². The Kier molecular flexibility index (Phi) is 11.5. The van der Waals surface area contributed by atoms with Gasteiger partial charge in [0.25, 0.3) is 0 Å². The molecule has 1 saturated carbocycles. The van der Waals surface area contributed by atoms with Gasteiger partial charge in [-0.1, -0.05) is 32.0 Å². The monoisotopic (exact) mass is 542 g/mol. The number of ether oxygens (including phenoxy) is 4. The molecule has 3 rings (SSSR count). The van der Waals surface area contributed by atoms with Gasteiger partial charge in [-0.15, -0.1) is 0 Å². The van der Waals surface area contributed by atoms with Gasteiger partial charge < -0.3 is 35.1 Å². The Morgan fingerprint density at radius 1 is 1.03 bits per heavy atom. The summed E-state index contributed by atoms with van der Waals surface area (Å²) in [6.07, 6.45) is 2.98. The van der Waals surface area contributed by atoms with Gasteiger partial charge in [-0.2, -0.15) is 0 Å². The van der Waals surface area contributed by atoms with E-state index >= 15 is 0 Å². The normalized spacial score (nSPS) is 16.3. The van der Waals surface area contributed by atoms with Crippen molar-refractivity contribution in [3.8, 4) is 17.2 Å². The average molecular weight is 543 g/mol. The lowest BCUT2D eigenvalue weighted by Crippen LogP contribution is -2.47. The second-order valence-electron chi connectivity index (χ2n) is 10.9. The Labute approximate surface area is 233 Å². The maximum absolute atomic E-state index is 13.1. The van der Waals surface area contributed by atoms with Crippen LogP contribution in [0.25, 0.3) is 0 Å². The lowest BCUT2D eigenvalue weighted by Gasteiger charge is -2.28. The highest BCUT2D eigenvalue weighted by Gasteiger charge is 2.51. The SMILES string of the molecule is COCCCOc1cc(C[C@@H](C[C@H](N)[C@@H](O)CNC(=O)C2(c3ccc(OC)cc3)CC2)C(C)C)ccc1OC. The predicted molar refractivity (Wildman–Crippen MR) is 153 cm³/mol. The summed E-state index contributed by atoms with van der Waals surface area (Å²) in [5, 5.41) is 13.8. The van der Waals surface area contributed by atoms with Crippen LogP contribution in [-0.2, 0) is 21.4 Å². The highest BCUT2D eigenvalue weighted by Crippen LogP contribution is 2.48. The molecule has 1 aliphatic carbocycles. The van der Waals surface area contributed by atoms with E-state index in [-0.39, 0.29) is 18.4 Å². The molecule has 0 radical (unpaired) electrons. The van der Waals surface area contributed by atoms with Crippen LogP contribution in [0, 0.1) is 11.8 Å². The van der Waals surface area contributed by atoms with Crippen molar-refractivity contribution < 1.29 is 28.8 Å². The molecule has 8 nitrogen and oxygen atoms in total. The molecule has 0 aromatic heterocycles. The number of rotatable bonds is 17. The van der Waals surface area contributed by atoms with Crippen LogP contribution in [0.4, 0.5) is 0 Å². The van der Waals surface area contributed by atoms with Gasteiger partial charge in [0.15, 0.2) is 11.5 Å². The van der Waals surface area contributed by atoms with E-state index in [1.807, 2.05) is 42.5 Å². The first-order valence-corrected chi connectivity index (χ1v) is 13.9. The number of hydrogen-bond donors (Lipinski definition) is 3. The van der Waals surface area contributed by atoms with Crippen LogP contribution in [0.1, 0.15) is 50.7 Å². The number of methoxy groups -OCH3 is 3. The van der Waals surface area contributed by atoms with Crippen LogP contribution in [0.5, 0.6) is 17.2 Å². The summed E-state index contributed by atoms with van der Waals surface area (Å²) >= 11 is 0. The summed E-state index contributed by atoms with van der Waals surface area (Å²) in [6, 6.07) is 13.2. The molecular weight excluding hydrogens is 496 g/mol. The van der Waals surface area contributed by atoms with Crippen molar-refractivity contribution in [3.63, 3.8) is 0 Å². The molecule has 1 fully saturated rings. The van der Waals surface area contributed by atoms with Gasteiger partial charge in [-0.25, -0.2) is 0 Å². The van der Waals surface area contributed by atoms with Crippen molar-refractivity contribution in [3.05, 3.63) is 53.6 Å². The number of aliphatic hydroxyl groups excluding tert-OH is 1. The van der Waals surface area contributed by atoms with E-state index < -0.39 is 17.6 Å². The standard InChI is InChI=1S/C31H46N2O6/c1-21(2)23(17-22-7-12-28(38-5)29(18-22)39-16-6-15-36-3)19-26(32)27(34)20-33-30(35)31(13-14-31)24-8-10-25(37-4)11-9-24/h7-12,18,21,23,26-27,34H,6,13-17,19-20,32H2,1-5H3,(H,33,35)/t23-,26-,27-/m0/s1. The van der Waals surface area contributed by atoms with Gasteiger partial charge in [0.05, 0.1) is 32.3 Å². The molecule has 39 heavy (non-hydrogen) atoms. The zero-order chi connectivity index (χ0) is 28.4. The summed E-state index contributed by atoms with van der Waals surface area (Å²) in [5.74, 6) is 2.71. The van der Waals surface area contributed by atoms with Crippen LogP contribution >= 0.6 is 0 Å². The number of aliphatic hydroxyl groups is 1. The number of carbonyl (C=O) groups excluding carboxylic acids is 1. The minimum absolute atomic E-state index is 0.0596. The van der Waals surface area contributed by atoms with E-state index in [9.17, 15) is 9.90 Å². The molecule has 2 aromatic rings. The van der Waals surface area contributed by atoms with E-state index in [0.29, 0.717) is 37.1 Å². The Morgan fingerprint density at radius 2 is 1.74 bits per heavy atom. The molecule has 0 bridgehead atoms. The summed E-state index contributed by atoms with van der Waals surface area (Å²) in [6.45, 7) is 5.65. The summed E-state index contributed by atoms with van der Waals surface area (Å²) < 4.78 is 21.7. The van der Waals surface area contributed by atoms with Gasteiger partial charge in [0.2, 0.25) is 5.91 Å². The zero-order valence-corrected chi connectivity index (χ0v) is 24.1. The first-order valence-electron chi connectivity index (χ1n) is 13.9. The fourth-order valence-electron chi connectivity index (χ4n) is 4.95. The fraction of sp³-hybridized carbons (Fsp3) is 0.581. The van der Waals surface area contributed by atoms with Crippen molar-refractivity contribution >= 4 is 5.91 Å². The van der Waals surface area contributed by atoms with Gasteiger partial charge in [-0.3, -0.25) is 4.79 Å². The largest absolute Gasteiger partial charge is 0.497 e. The Bertz CT molecular complexity index is 1040. The third kappa shape index (κ3) is 8.34. The van der Waals surface area contributed by atoms with Gasteiger partial charge >= 0.3 is 0 Å². The van der Waals surface area contributed by atoms with Gasteiger partial charge in [-0.05, 0) is 72.9 Å². The Hall–Kier alpha value is -2.81. The smallest absolute Gasteiger partial charge is 0.230 e. The number of benzene rings is 2. The highest BCUT2D eigenvalue weighted by molar-refractivity contribution is 5.91. The molecule has 0 saturated heterocycles. The summed E-state index contributed by atoms with van der Waals surface area (Å²) in [5.41, 5.74) is 8.04. The second kappa shape index (κ2) is 14.5. The van der Waals surface area contributed by atoms with E-state index in [4.69, 9.17) is 24.7 Å². The van der Waals surface area contributed by atoms with E-state index in [1.165, 1.54) is 0 Å². The maximum Gasteiger partial charge on any atom is 0.230 e. The summed E-state index contributed by atoms with van der Waals surface area (Å²) in [4.78, 5) is 13.1. The quantitative estimate of drug-likeness (QED) is 0.260. The molecule has 0 unspecified atom stereocenters. The van der Waals surface area contributed by atoms with Crippen LogP contribution in [0.3, 0.4) is 0 Å². The topological polar surface area (TPSA) is 112 Å². The van der Waals surface area contributed by atoms with Crippen LogP contribution < -0.4 is 25.3 Å². The Morgan fingerprint density at radius 3 is 2.33 bits per heavy atom. The molecule has 216 valence electrons. The third-order valence-corrected chi connectivity index (χ3v) is 7.79.